The Labute approximate surface area is 138 Å². The lowest BCUT2D eigenvalue weighted by Gasteiger charge is -2.27. The average molecular weight is 364 g/mol. The van der Waals surface area contributed by atoms with E-state index in [2.05, 4.69) is 0 Å². The van der Waals surface area contributed by atoms with Crippen molar-refractivity contribution in [1.82, 2.24) is 0 Å². The molecule has 1 fully saturated rings. The van der Waals surface area contributed by atoms with E-state index in [9.17, 15) is 21.6 Å². The monoisotopic (exact) mass is 364 g/mol. The number of sulfone groups is 1. The van der Waals surface area contributed by atoms with Crippen LogP contribution in [0.2, 0.25) is 0 Å². The van der Waals surface area contributed by atoms with Crippen LogP contribution in [-0.2, 0) is 26.4 Å². The Morgan fingerprint density at radius 2 is 1.92 bits per heavy atom. The van der Waals surface area contributed by atoms with Crippen molar-refractivity contribution >= 4 is 9.84 Å². The first-order valence-electron chi connectivity index (χ1n) is 7.62. The van der Waals surface area contributed by atoms with Gasteiger partial charge in [0.15, 0.2) is 15.9 Å². The maximum atomic E-state index is 12.7. The van der Waals surface area contributed by atoms with Gasteiger partial charge in [-0.2, -0.15) is 13.2 Å². The quantitative estimate of drug-likeness (QED) is 0.771. The number of fused-ring (bicyclic) bond motifs is 1. The van der Waals surface area contributed by atoms with Crippen molar-refractivity contribution in [2.45, 2.75) is 55.4 Å². The van der Waals surface area contributed by atoms with E-state index in [0.29, 0.717) is 24.3 Å². The standard InChI is InChI=1S/C16H19F3O4S/c1-15(2,8-12-14(23-12)16(17,18)19)11-7-10(24(3,20)21)6-9-4-5-22-13(9)11/h6-7,12,14H,4-5,8H2,1-3H3. The van der Waals surface area contributed by atoms with Crippen LogP contribution in [0.4, 0.5) is 13.2 Å². The van der Waals surface area contributed by atoms with E-state index in [0.717, 1.165) is 11.8 Å². The molecule has 0 N–H and O–H groups in total. The van der Waals surface area contributed by atoms with Crippen LogP contribution >= 0.6 is 0 Å². The van der Waals surface area contributed by atoms with Crippen LogP contribution in [0, 0.1) is 0 Å². The van der Waals surface area contributed by atoms with Gasteiger partial charge in [0.1, 0.15) is 5.75 Å². The second-order valence-corrected chi connectivity index (χ2v) is 9.07. The molecule has 24 heavy (non-hydrogen) atoms. The van der Waals surface area contributed by atoms with Crippen LogP contribution in [0.15, 0.2) is 17.0 Å². The molecule has 0 radical (unpaired) electrons. The Balaban J connectivity index is 1.95. The van der Waals surface area contributed by atoms with Gasteiger partial charge in [0.05, 0.1) is 17.6 Å². The second kappa shape index (κ2) is 5.36. The smallest absolute Gasteiger partial charge is 0.417 e. The number of epoxide rings is 1. The zero-order chi connectivity index (χ0) is 17.9. The summed E-state index contributed by atoms with van der Waals surface area (Å²) in [6.45, 7) is 4.01. The molecule has 3 rings (SSSR count). The van der Waals surface area contributed by atoms with Crippen LogP contribution in [-0.4, -0.2) is 39.7 Å². The Morgan fingerprint density at radius 3 is 2.46 bits per heavy atom. The van der Waals surface area contributed by atoms with Crippen molar-refractivity contribution < 1.29 is 31.1 Å². The Kier molecular flexibility index (Phi) is 3.92. The van der Waals surface area contributed by atoms with Crippen LogP contribution in [0.5, 0.6) is 5.75 Å². The summed E-state index contributed by atoms with van der Waals surface area (Å²) in [5.41, 5.74) is 0.694. The zero-order valence-corrected chi connectivity index (χ0v) is 14.4. The molecule has 1 saturated heterocycles. The molecule has 1 aromatic carbocycles. The first-order chi connectivity index (χ1) is 10.9. The molecule has 2 heterocycles. The Morgan fingerprint density at radius 1 is 1.25 bits per heavy atom. The summed E-state index contributed by atoms with van der Waals surface area (Å²) < 4.78 is 72.3. The summed E-state index contributed by atoms with van der Waals surface area (Å²) in [6.07, 6.45) is -5.16. The molecule has 1 aromatic rings. The highest BCUT2D eigenvalue weighted by atomic mass is 32.2. The van der Waals surface area contributed by atoms with Crippen molar-refractivity contribution in [3.63, 3.8) is 0 Å². The fourth-order valence-corrected chi connectivity index (χ4v) is 3.88. The Bertz CT molecular complexity index is 768. The van der Waals surface area contributed by atoms with E-state index in [-0.39, 0.29) is 11.3 Å². The lowest BCUT2D eigenvalue weighted by Crippen LogP contribution is -2.25. The summed E-state index contributed by atoms with van der Waals surface area (Å²) in [7, 11) is -3.42. The maximum Gasteiger partial charge on any atom is 0.417 e. The van der Waals surface area contributed by atoms with Crippen LogP contribution in [0.25, 0.3) is 0 Å². The van der Waals surface area contributed by atoms with Gasteiger partial charge in [-0.05, 0) is 29.5 Å². The van der Waals surface area contributed by atoms with Crippen molar-refractivity contribution in [3.05, 3.63) is 23.3 Å². The van der Waals surface area contributed by atoms with Gasteiger partial charge < -0.3 is 9.47 Å². The van der Waals surface area contributed by atoms with E-state index in [1.54, 1.807) is 19.9 Å². The number of halogens is 3. The highest BCUT2D eigenvalue weighted by Gasteiger charge is 2.59. The largest absolute Gasteiger partial charge is 0.493 e. The fourth-order valence-electron chi connectivity index (χ4n) is 3.19. The van der Waals surface area contributed by atoms with Gasteiger partial charge in [-0.1, -0.05) is 13.8 Å². The number of rotatable bonds is 4. The minimum Gasteiger partial charge on any atom is -0.493 e. The van der Waals surface area contributed by atoms with Crippen LogP contribution in [0.1, 0.15) is 31.4 Å². The second-order valence-electron chi connectivity index (χ2n) is 7.05. The summed E-state index contributed by atoms with van der Waals surface area (Å²) >= 11 is 0. The first kappa shape index (κ1) is 17.5. The summed E-state index contributed by atoms with van der Waals surface area (Å²) in [4.78, 5) is 0.166. The van der Waals surface area contributed by atoms with E-state index in [1.165, 1.54) is 6.07 Å². The molecule has 0 aliphatic carbocycles. The van der Waals surface area contributed by atoms with Crippen LogP contribution in [0.3, 0.4) is 0 Å². The third-order valence-corrected chi connectivity index (χ3v) is 5.62. The molecule has 134 valence electrons. The normalized spacial score (nSPS) is 23.8. The van der Waals surface area contributed by atoms with Gasteiger partial charge in [0.2, 0.25) is 0 Å². The highest BCUT2D eigenvalue weighted by molar-refractivity contribution is 7.90. The minimum atomic E-state index is -4.37. The molecule has 0 amide bonds. The zero-order valence-electron chi connectivity index (χ0n) is 13.6. The van der Waals surface area contributed by atoms with E-state index >= 15 is 0 Å². The third kappa shape index (κ3) is 3.26. The van der Waals surface area contributed by atoms with Crippen LogP contribution < -0.4 is 4.74 Å². The van der Waals surface area contributed by atoms with Gasteiger partial charge >= 0.3 is 6.18 Å². The highest BCUT2D eigenvalue weighted by Crippen LogP contribution is 2.47. The van der Waals surface area contributed by atoms with Crippen molar-refractivity contribution in [3.8, 4) is 5.75 Å². The fraction of sp³-hybridized carbons (Fsp3) is 0.625. The summed E-state index contributed by atoms with van der Waals surface area (Å²) in [6, 6.07) is 3.11. The predicted molar refractivity (Wildman–Crippen MR) is 81.1 cm³/mol. The predicted octanol–water partition coefficient (Wildman–Crippen LogP) is 3.02. The molecular weight excluding hydrogens is 345 g/mol. The molecule has 0 saturated carbocycles. The van der Waals surface area contributed by atoms with E-state index in [4.69, 9.17) is 9.47 Å². The number of hydrogen-bond acceptors (Lipinski definition) is 4. The minimum absolute atomic E-state index is 0.139. The number of ether oxygens (including phenoxy) is 2. The molecular formula is C16H19F3O4S. The molecule has 2 atom stereocenters. The summed E-state index contributed by atoms with van der Waals surface area (Å²) in [5, 5.41) is 0. The van der Waals surface area contributed by atoms with Gasteiger partial charge in [0.25, 0.3) is 0 Å². The van der Waals surface area contributed by atoms with Gasteiger partial charge in [-0.15, -0.1) is 0 Å². The number of alkyl halides is 3. The van der Waals surface area contributed by atoms with E-state index in [1.807, 2.05) is 0 Å². The lowest BCUT2D eigenvalue weighted by atomic mass is 9.79. The topological polar surface area (TPSA) is 55.9 Å². The maximum absolute atomic E-state index is 12.7. The molecule has 2 unspecified atom stereocenters. The molecule has 0 spiro atoms. The first-order valence-corrected chi connectivity index (χ1v) is 9.51. The molecule has 2 aliphatic heterocycles. The third-order valence-electron chi connectivity index (χ3n) is 4.53. The van der Waals surface area contributed by atoms with E-state index < -0.39 is 33.6 Å². The lowest BCUT2D eigenvalue weighted by molar-refractivity contribution is -0.146. The number of benzene rings is 1. The molecule has 0 aromatic heterocycles. The molecule has 2 aliphatic rings. The SMILES string of the molecule is CC(C)(CC1OC1C(F)(F)F)c1cc(S(C)(=O)=O)cc2c1OCC2. The molecule has 4 nitrogen and oxygen atoms in total. The number of hydrogen-bond donors (Lipinski definition) is 0. The van der Waals surface area contributed by atoms with Gasteiger partial charge in [-0.3, -0.25) is 0 Å². The van der Waals surface area contributed by atoms with Gasteiger partial charge in [0, 0.05) is 18.2 Å². The molecule has 8 heteroatoms. The molecule has 0 bridgehead atoms. The Hall–Kier alpha value is -1.28. The van der Waals surface area contributed by atoms with Crippen molar-refractivity contribution in [2.24, 2.45) is 0 Å². The van der Waals surface area contributed by atoms with Gasteiger partial charge in [-0.25, -0.2) is 8.42 Å². The van der Waals surface area contributed by atoms with Crippen molar-refractivity contribution in [2.75, 3.05) is 12.9 Å². The van der Waals surface area contributed by atoms with Crippen molar-refractivity contribution in [1.29, 1.82) is 0 Å². The summed E-state index contributed by atoms with van der Waals surface area (Å²) in [5.74, 6) is 0.594. The average Bonchev–Trinajstić information content (AvgIpc) is 3.02.